The first-order valence-corrected chi connectivity index (χ1v) is 49.0. The van der Waals surface area contributed by atoms with Gasteiger partial charge in [0.2, 0.25) is 0 Å². The van der Waals surface area contributed by atoms with Gasteiger partial charge in [0.15, 0.2) is 11.6 Å². The third kappa shape index (κ3) is 24.6. The fraction of sp³-hybridized carbons (Fsp3) is 0.375. The molecule has 13 aromatic rings. The molecular formula is C112H133N19O6. The fourth-order valence-electron chi connectivity index (χ4n) is 19.1. The molecule has 3 aliphatic carbocycles. The Labute approximate surface area is 803 Å². The van der Waals surface area contributed by atoms with Crippen LogP contribution < -0.4 is 16.0 Å². The van der Waals surface area contributed by atoms with Gasteiger partial charge in [0.25, 0.3) is 0 Å². The van der Waals surface area contributed by atoms with Gasteiger partial charge < -0.3 is 40.5 Å². The quantitative estimate of drug-likeness (QED) is 0.0111. The fourth-order valence-corrected chi connectivity index (χ4v) is 19.1. The molecule has 3 aliphatic heterocycles. The van der Waals surface area contributed by atoms with E-state index in [1.54, 1.807) is 24.5 Å². The number of aliphatic hydroxyl groups excluding tert-OH is 2. The smallest absolute Gasteiger partial charge is 0.151 e. The average molecular weight is 1840 g/mol. The zero-order valence-corrected chi connectivity index (χ0v) is 80.9. The lowest BCUT2D eigenvalue weighted by molar-refractivity contribution is -0.120. The molecule has 1 atom stereocenters. The maximum absolute atomic E-state index is 12.7. The number of likely N-dealkylation sites (N-methyl/N-ethyl adjacent to an activating group) is 4. The maximum atomic E-state index is 12.7. The number of Topliss-reactive ketones (excluding diaryl/α,β-unsaturated/α-hetero) is 3. The molecule has 0 spiro atoms. The van der Waals surface area contributed by atoms with Gasteiger partial charge >= 0.3 is 0 Å². The third-order valence-corrected chi connectivity index (χ3v) is 26.4. The average Bonchev–Trinajstić information content (AvgIpc) is 1.74. The SMILES string of the molecule is C=C\C(=C/C=C/C(/C=C/CCCC)=N\C=C\c1cn[nH]c1C=C)CC(=O)CNCC.CC(C)(C)c1cc(CC(=O)Cc2ccc(-c3nc4ccc5[nH]ncc5c4c4c3CCCC4)cc2)no1.CCNCCO.CN(CCO)C1=NCc2ccc(C3Nc4ccc5[nH]ncc5c4C4=C3CCCC4)cc21.CN1CCN(CC(=O)Cc2ccc(-c3nc4ccc5[nH]ncc5c4c4c3CCCC4)cc2)CC1. The normalized spacial score (nSPS) is 15.6. The Morgan fingerprint density at radius 3 is 1.85 bits per heavy atom. The van der Waals surface area contributed by atoms with Crippen LogP contribution in [0.4, 0.5) is 5.69 Å². The molecule has 0 bridgehead atoms. The minimum Gasteiger partial charge on any atom is -0.395 e. The lowest BCUT2D eigenvalue weighted by Crippen LogP contribution is -2.46. The number of pyridine rings is 2. The highest BCUT2D eigenvalue weighted by Gasteiger charge is 2.34. The van der Waals surface area contributed by atoms with Crippen LogP contribution in [-0.4, -0.2) is 202 Å². The number of hydrogen-bond donors (Lipinski definition) is 9. The Morgan fingerprint density at radius 1 is 0.650 bits per heavy atom. The summed E-state index contributed by atoms with van der Waals surface area (Å²) in [6.07, 6.45) is 43.1. The molecule has 712 valence electrons. The highest BCUT2D eigenvalue weighted by atomic mass is 16.5. The Balaban J connectivity index is 0.000000136. The summed E-state index contributed by atoms with van der Waals surface area (Å²) in [6.45, 7) is 29.0. The number of unbranched alkanes of at least 4 members (excludes halogenated alkanes) is 2. The molecule has 137 heavy (non-hydrogen) atoms. The van der Waals surface area contributed by atoms with Crippen LogP contribution in [0.3, 0.4) is 0 Å². The molecule has 0 saturated carbocycles. The monoisotopic (exact) mass is 1840 g/mol. The first kappa shape index (κ1) is 98.4. The van der Waals surface area contributed by atoms with Crippen molar-refractivity contribution in [1.29, 1.82) is 0 Å². The van der Waals surface area contributed by atoms with Gasteiger partial charge in [-0.25, -0.2) is 9.97 Å². The number of rotatable bonds is 31. The van der Waals surface area contributed by atoms with E-state index in [1.165, 1.54) is 121 Å². The number of benzene rings is 6. The van der Waals surface area contributed by atoms with Crippen LogP contribution in [0, 0.1) is 0 Å². The molecule has 19 rings (SSSR count). The minimum absolute atomic E-state index is 0.120. The lowest BCUT2D eigenvalue weighted by atomic mass is 9.77. The molecule has 1 fully saturated rings. The molecule has 7 aromatic heterocycles. The predicted molar refractivity (Wildman–Crippen MR) is 556 cm³/mol. The predicted octanol–water partition coefficient (Wildman–Crippen LogP) is 19.6. The van der Waals surface area contributed by atoms with Gasteiger partial charge in [-0.3, -0.25) is 49.7 Å². The number of ketones is 3. The molecule has 25 nitrogen and oxygen atoms in total. The van der Waals surface area contributed by atoms with E-state index in [9.17, 15) is 19.5 Å². The van der Waals surface area contributed by atoms with Gasteiger partial charge in [0.1, 0.15) is 17.4 Å². The van der Waals surface area contributed by atoms with Crippen molar-refractivity contribution in [3.05, 3.63) is 279 Å². The number of aromatic nitrogens is 11. The van der Waals surface area contributed by atoms with Crippen LogP contribution in [0.1, 0.15) is 203 Å². The topological polar surface area (TPSA) is 329 Å². The second-order valence-corrected chi connectivity index (χ2v) is 37.4. The van der Waals surface area contributed by atoms with Crippen molar-refractivity contribution in [2.45, 2.75) is 182 Å². The number of aryl methyl sites for hydroxylation is 2. The number of piperazine rings is 1. The van der Waals surface area contributed by atoms with Crippen molar-refractivity contribution in [2.75, 3.05) is 98.1 Å². The van der Waals surface area contributed by atoms with Crippen molar-refractivity contribution in [3.63, 3.8) is 0 Å². The number of carbonyl (C=O) groups excluding carboxylic acids is 3. The number of amidine groups is 1. The van der Waals surface area contributed by atoms with E-state index in [2.05, 4.69) is 239 Å². The van der Waals surface area contributed by atoms with E-state index in [0.717, 1.165) is 204 Å². The van der Waals surface area contributed by atoms with Crippen molar-refractivity contribution in [2.24, 2.45) is 9.98 Å². The first-order valence-electron chi connectivity index (χ1n) is 49.0. The maximum Gasteiger partial charge on any atom is 0.151 e. The summed E-state index contributed by atoms with van der Waals surface area (Å²) in [5, 5.41) is 66.5. The Hall–Kier alpha value is -13.1. The standard InChI is InChI=1S/C30H30N4O2.C28H31N5O.C25H27N5O.C25H34N4O.C4H11NO/c1-30(2,3)27-16-20(34-36-27)15-21(35)14-18-8-10-19(11-9-18)29-23-7-5-4-6-22(23)28-24-17-31-33-25(24)12-13-26(28)32-29;1-32-12-14-33(15-13-32)18-21(34)16-19-6-8-20(9-7-19)28-23-5-3-2-4-22(23)27-24-17-29-31-25(24)10-11-26(27)30-28;1-30(10-11-31)25-19-12-15(6-7-16(19)13-26-25)24-18-5-3-2-4-17(18)23-20-14-27-29-21(20)8-9-22(23)28-24;1-5-9-10-11-14-23(27-17-16-22-19-28-29-25(22)7-3)15-12-13-21(6-2)18-24(30)20-26-8-4;1-2-5-3-4-6/h8-13,16-17H,4-7,14-15H2,1-3H3,(H,31,33);6-11,17H,2-5,12-16,18H2,1H3,(H,29,31);6-9,12,14,24,28,31H,2-5,10-11,13H2,1H3,(H,27,29);6-7,11-17,19,26H,2-3,5,8-10,18,20H2,1,4H3,(H,28,29);5-6H,2-4H2,1H3/b;;;14-11+,15-12+,17-16+,21-13+,27-23-;. The van der Waals surface area contributed by atoms with Gasteiger partial charge in [-0.05, 0) is 232 Å². The summed E-state index contributed by atoms with van der Waals surface area (Å²) in [5.41, 5.74) is 30.7. The van der Waals surface area contributed by atoms with Gasteiger partial charge in [-0.15, -0.1) is 0 Å². The van der Waals surface area contributed by atoms with Crippen molar-refractivity contribution in [1.82, 2.24) is 81.2 Å². The highest BCUT2D eigenvalue weighted by Crippen LogP contribution is 2.50. The van der Waals surface area contributed by atoms with E-state index in [-0.39, 0.29) is 42.7 Å². The molecule has 9 N–H and O–H groups in total. The van der Waals surface area contributed by atoms with E-state index < -0.39 is 0 Å². The number of carbonyl (C=O) groups is 3. The van der Waals surface area contributed by atoms with E-state index in [4.69, 9.17) is 24.6 Å². The van der Waals surface area contributed by atoms with Gasteiger partial charge in [0, 0.05) is 144 Å². The van der Waals surface area contributed by atoms with Crippen molar-refractivity contribution < 1.29 is 29.1 Å². The number of aromatic amines is 4. The minimum atomic E-state index is -0.120. The summed E-state index contributed by atoms with van der Waals surface area (Å²) < 4.78 is 5.43. The number of aliphatic imine (C=N–C) groups is 2. The largest absolute Gasteiger partial charge is 0.395 e. The highest BCUT2D eigenvalue weighted by molar-refractivity contribution is 6.10. The molecule has 0 amide bonds. The number of nitrogens with zero attached hydrogens (tertiary/aromatic N) is 12. The summed E-state index contributed by atoms with van der Waals surface area (Å²) in [5.74, 6) is 2.35. The number of H-pyrrole nitrogens is 4. The summed E-state index contributed by atoms with van der Waals surface area (Å²) in [4.78, 5) is 63.5. The lowest BCUT2D eigenvalue weighted by Gasteiger charge is -2.36. The van der Waals surface area contributed by atoms with Crippen LogP contribution in [0.15, 0.2) is 215 Å². The molecule has 6 aliphatic rings. The number of fused-ring (bicyclic) bond motifs is 15. The van der Waals surface area contributed by atoms with E-state index >= 15 is 0 Å². The molecule has 1 saturated heterocycles. The van der Waals surface area contributed by atoms with Gasteiger partial charge in [-0.1, -0.05) is 158 Å². The summed E-state index contributed by atoms with van der Waals surface area (Å²) in [7, 11) is 4.14. The number of allylic oxidation sites excluding steroid dienone is 8. The second kappa shape index (κ2) is 47.6. The van der Waals surface area contributed by atoms with Crippen molar-refractivity contribution in [3.8, 4) is 22.5 Å². The summed E-state index contributed by atoms with van der Waals surface area (Å²) >= 11 is 0. The zero-order chi connectivity index (χ0) is 95.7. The molecular weight excluding hydrogens is 1710 g/mol. The van der Waals surface area contributed by atoms with E-state index in [0.29, 0.717) is 56.9 Å². The Morgan fingerprint density at radius 2 is 1.26 bits per heavy atom. The number of aliphatic hydroxyl groups is 2. The summed E-state index contributed by atoms with van der Waals surface area (Å²) in [6, 6.07) is 38.4. The zero-order valence-electron chi connectivity index (χ0n) is 80.9. The first-order chi connectivity index (χ1) is 66.8. The molecule has 25 heteroatoms. The van der Waals surface area contributed by atoms with Gasteiger partial charge in [0.05, 0.1) is 126 Å². The molecule has 10 heterocycles. The molecule has 6 aromatic carbocycles. The molecule has 1 unspecified atom stereocenters. The van der Waals surface area contributed by atoms with Crippen LogP contribution in [0.5, 0.6) is 0 Å². The van der Waals surface area contributed by atoms with Crippen LogP contribution in [-0.2, 0) is 71.3 Å². The van der Waals surface area contributed by atoms with Crippen LogP contribution in [0.2, 0.25) is 0 Å². The van der Waals surface area contributed by atoms with Crippen molar-refractivity contribution >= 4 is 107 Å². The second-order valence-electron chi connectivity index (χ2n) is 37.4. The van der Waals surface area contributed by atoms with Crippen LogP contribution >= 0.6 is 0 Å². The Bertz CT molecular complexity index is 6630. The number of nitrogens with one attached hydrogen (secondary N) is 7. The third-order valence-electron chi connectivity index (χ3n) is 26.4. The number of hydrogen-bond acceptors (Lipinski definition) is 21. The Kier molecular flexibility index (Phi) is 34.2. The van der Waals surface area contributed by atoms with Crippen LogP contribution in [0.25, 0.3) is 94.8 Å². The number of anilines is 1. The van der Waals surface area contributed by atoms with Gasteiger partial charge in [-0.2, -0.15) is 20.4 Å². The molecule has 0 radical (unpaired) electrons. The van der Waals surface area contributed by atoms with E-state index in [1.807, 2.05) is 75.9 Å².